The van der Waals surface area contributed by atoms with Gasteiger partial charge in [0.2, 0.25) is 0 Å². The number of fused-ring (bicyclic) bond motifs is 3. The maximum Gasteiger partial charge on any atom is 0.143 e. The molecular weight excluding hydrogens is 448 g/mol. The van der Waals surface area contributed by atoms with Crippen LogP contribution in [-0.2, 0) is 13.0 Å². The molecule has 5 nitrogen and oxygen atoms in total. The lowest BCUT2D eigenvalue weighted by Crippen LogP contribution is -2.49. The molecule has 5 rings (SSSR count). The maximum atomic E-state index is 14.1. The highest BCUT2D eigenvalue weighted by molar-refractivity contribution is 5.84. The fourth-order valence-corrected chi connectivity index (χ4v) is 4.86. The molecule has 0 radical (unpaired) electrons. The zero-order valence-electron chi connectivity index (χ0n) is 20.7. The fourth-order valence-electron chi connectivity index (χ4n) is 4.86. The topological polar surface area (TPSA) is 51.7 Å². The molecule has 1 aromatic heterocycles. The average molecular weight is 486 g/mol. The summed E-state index contributed by atoms with van der Waals surface area (Å²) in [6.45, 7) is 7.28. The van der Waals surface area contributed by atoms with Crippen molar-refractivity contribution >= 4 is 10.9 Å². The number of hydrogen-bond donors (Lipinski definition) is 2. The lowest BCUT2D eigenvalue weighted by Gasteiger charge is -2.37. The van der Waals surface area contributed by atoms with Crippen molar-refractivity contribution in [2.24, 2.45) is 5.92 Å². The van der Waals surface area contributed by atoms with Crippen LogP contribution in [0.1, 0.15) is 25.1 Å². The number of aromatic nitrogens is 1. The third-order valence-electron chi connectivity index (χ3n) is 6.92. The second-order valence-corrected chi connectivity index (χ2v) is 10.1. The van der Waals surface area contributed by atoms with Crippen LogP contribution in [0.15, 0.2) is 54.6 Å². The Morgan fingerprint density at radius 3 is 2.54 bits per heavy atom. The number of H-pyrrole nitrogens is 1. The standard InChI is InChI=1S/C16H21FN2O.C12H16FNO/c1-11-7-13-12-5-3-4-6-14(12)18-15(13)8-19(11)9-16(2,17)10-20;13-8-11-9-14(10-11)6-7-15-12-4-2-1-3-5-12/h3-6,11,18,20H,7-10H2,1-2H3;1-5,11H,6-10H2/t11-,16+;/m1./s1. The summed E-state index contributed by atoms with van der Waals surface area (Å²) in [6.07, 6.45) is 0.918. The van der Waals surface area contributed by atoms with Crippen LogP contribution < -0.4 is 4.74 Å². The van der Waals surface area contributed by atoms with Gasteiger partial charge in [0.1, 0.15) is 18.0 Å². The van der Waals surface area contributed by atoms with Crippen LogP contribution in [0.2, 0.25) is 0 Å². The number of rotatable bonds is 8. The molecule has 1 fully saturated rings. The molecular formula is C28H37F2N3O2. The predicted molar refractivity (Wildman–Crippen MR) is 136 cm³/mol. The second kappa shape index (κ2) is 11.5. The number of likely N-dealkylation sites (tertiary alicyclic amines) is 1. The molecule has 3 heterocycles. The average Bonchev–Trinajstić information content (AvgIpc) is 3.19. The summed E-state index contributed by atoms with van der Waals surface area (Å²) in [5.41, 5.74) is 2.14. The monoisotopic (exact) mass is 485 g/mol. The Morgan fingerprint density at radius 2 is 1.83 bits per heavy atom. The van der Waals surface area contributed by atoms with Gasteiger partial charge in [0.15, 0.2) is 0 Å². The van der Waals surface area contributed by atoms with Gasteiger partial charge in [-0.15, -0.1) is 0 Å². The second-order valence-electron chi connectivity index (χ2n) is 10.1. The first-order valence-electron chi connectivity index (χ1n) is 12.5. The number of aliphatic hydroxyl groups excluding tert-OH is 1. The van der Waals surface area contributed by atoms with Crippen LogP contribution in [0, 0.1) is 5.92 Å². The van der Waals surface area contributed by atoms with Crippen molar-refractivity contribution in [1.29, 1.82) is 0 Å². The Balaban J connectivity index is 0.000000172. The summed E-state index contributed by atoms with van der Waals surface area (Å²) in [4.78, 5) is 7.76. The van der Waals surface area contributed by atoms with E-state index in [1.165, 1.54) is 23.6 Å². The van der Waals surface area contributed by atoms with E-state index in [1.54, 1.807) is 0 Å². The zero-order chi connectivity index (χ0) is 24.8. The molecule has 35 heavy (non-hydrogen) atoms. The molecule has 0 aliphatic carbocycles. The van der Waals surface area contributed by atoms with Crippen molar-refractivity contribution < 1.29 is 18.6 Å². The molecule has 190 valence electrons. The van der Waals surface area contributed by atoms with Crippen molar-refractivity contribution in [2.75, 3.05) is 46.1 Å². The Kier molecular flexibility index (Phi) is 8.42. The van der Waals surface area contributed by atoms with Crippen molar-refractivity contribution in [3.8, 4) is 5.75 Å². The van der Waals surface area contributed by atoms with Crippen molar-refractivity contribution in [3.63, 3.8) is 0 Å². The van der Waals surface area contributed by atoms with Gasteiger partial charge >= 0.3 is 0 Å². The lowest BCUT2D eigenvalue weighted by molar-refractivity contribution is 0.0277. The molecule has 2 aromatic carbocycles. The maximum absolute atomic E-state index is 14.1. The summed E-state index contributed by atoms with van der Waals surface area (Å²) in [7, 11) is 0. The van der Waals surface area contributed by atoms with E-state index in [-0.39, 0.29) is 25.2 Å². The Morgan fingerprint density at radius 1 is 1.11 bits per heavy atom. The first-order valence-corrected chi connectivity index (χ1v) is 12.5. The van der Waals surface area contributed by atoms with E-state index >= 15 is 0 Å². The van der Waals surface area contributed by atoms with Gasteiger partial charge in [-0.05, 0) is 44.0 Å². The van der Waals surface area contributed by atoms with Gasteiger partial charge in [-0.2, -0.15) is 0 Å². The molecule has 7 heteroatoms. The number of benzene rings is 2. The van der Waals surface area contributed by atoms with E-state index in [1.807, 2.05) is 36.4 Å². The SMILES string of the molecule is C[C@@H]1Cc2c([nH]c3ccccc23)CN1C[C@](C)(F)CO.FCC1CN(CCOc2ccccc2)C1. The minimum atomic E-state index is -1.54. The Hall–Kier alpha value is -2.48. The van der Waals surface area contributed by atoms with Gasteiger partial charge in [-0.1, -0.05) is 36.4 Å². The van der Waals surface area contributed by atoms with Crippen molar-refractivity contribution in [1.82, 2.24) is 14.8 Å². The smallest absolute Gasteiger partial charge is 0.143 e. The van der Waals surface area contributed by atoms with Crippen molar-refractivity contribution in [3.05, 3.63) is 65.9 Å². The zero-order valence-corrected chi connectivity index (χ0v) is 20.7. The number of halogens is 2. The lowest BCUT2D eigenvalue weighted by atomic mass is 9.96. The Bertz CT molecular complexity index is 1070. The molecule has 0 bridgehead atoms. The summed E-state index contributed by atoms with van der Waals surface area (Å²) < 4.78 is 31.7. The van der Waals surface area contributed by atoms with Crippen LogP contribution in [0.25, 0.3) is 10.9 Å². The number of aliphatic hydroxyl groups is 1. The number of nitrogens with zero attached hydrogens (tertiary/aromatic N) is 2. The first-order chi connectivity index (χ1) is 16.9. The number of hydrogen-bond acceptors (Lipinski definition) is 4. The van der Waals surface area contributed by atoms with Gasteiger partial charge in [0.05, 0.1) is 13.3 Å². The summed E-state index contributed by atoms with van der Waals surface area (Å²) in [5, 5.41) is 10.4. The van der Waals surface area contributed by atoms with E-state index < -0.39 is 12.3 Å². The number of alkyl halides is 2. The molecule has 0 unspecified atom stereocenters. The molecule has 1 saturated heterocycles. The van der Waals surface area contributed by atoms with E-state index in [0.717, 1.165) is 37.3 Å². The highest BCUT2D eigenvalue weighted by Crippen LogP contribution is 2.31. The molecule has 2 atom stereocenters. The summed E-state index contributed by atoms with van der Waals surface area (Å²) in [5.74, 6) is 1.17. The van der Waals surface area contributed by atoms with Gasteiger partial charge in [0, 0.05) is 61.3 Å². The molecule has 3 aromatic rings. The van der Waals surface area contributed by atoms with E-state index in [2.05, 4.69) is 39.9 Å². The van der Waals surface area contributed by atoms with Crippen LogP contribution in [0.3, 0.4) is 0 Å². The quantitative estimate of drug-likeness (QED) is 0.490. The highest BCUT2D eigenvalue weighted by Gasteiger charge is 2.32. The normalized spacial score (nSPS) is 20.4. The van der Waals surface area contributed by atoms with Crippen LogP contribution in [0.5, 0.6) is 5.75 Å². The minimum absolute atomic E-state index is 0.184. The molecule has 2 aliphatic heterocycles. The number of ether oxygens (including phenoxy) is 1. The third kappa shape index (κ3) is 6.60. The Labute approximate surface area is 206 Å². The van der Waals surface area contributed by atoms with Crippen LogP contribution >= 0.6 is 0 Å². The molecule has 0 saturated carbocycles. The number of nitrogens with one attached hydrogen (secondary N) is 1. The fraction of sp³-hybridized carbons (Fsp3) is 0.500. The third-order valence-corrected chi connectivity index (χ3v) is 6.92. The van der Waals surface area contributed by atoms with Crippen LogP contribution in [0.4, 0.5) is 8.78 Å². The highest BCUT2D eigenvalue weighted by atomic mass is 19.1. The first kappa shape index (κ1) is 25.6. The molecule has 2 aliphatic rings. The van der Waals surface area contributed by atoms with Gasteiger partial charge in [-0.3, -0.25) is 14.2 Å². The van der Waals surface area contributed by atoms with E-state index in [9.17, 15) is 8.78 Å². The van der Waals surface area contributed by atoms with E-state index in [4.69, 9.17) is 9.84 Å². The number of para-hydroxylation sites is 2. The largest absolute Gasteiger partial charge is 0.492 e. The molecule has 0 amide bonds. The van der Waals surface area contributed by atoms with Gasteiger partial charge < -0.3 is 14.8 Å². The number of aromatic amines is 1. The van der Waals surface area contributed by atoms with Gasteiger partial charge in [-0.25, -0.2) is 4.39 Å². The summed E-state index contributed by atoms with van der Waals surface area (Å²) in [6, 6.07) is 18.3. The van der Waals surface area contributed by atoms with E-state index in [0.29, 0.717) is 13.2 Å². The van der Waals surface area contributed by atoms with Crippen molar-refractivity contribution in [2.45, 2.75) is 38.5 Å². The van der Waals surface area contributed by atoms with Crippen LogP contribution in [-0.4, -0.2) is 77.7 Å². The predicted octanol–water partition coefficient (Wildman–Crippen LogP) is 4.60. The molecule has 2 N–H and O–H groups in total. The minimum Gasteiger partial charge on any atom is -0.492 e. The summed E-state index contributed by atoms with van der Waals surface area (Å²) >= 11 is 0. The molecule has 0 spiro atoms. The van der Waals surface area contributed by atoms with Gasteiger partial charge in [0.25, 0.3) is 0 Å².